The summed E-state index contributed by atoms with van der Waals surface area (Å²) in [5.41, 5.74) is 4.91. The van der Waals surface area contributed by atoms with Crippen molar-refractivity contribution < 1.29 is 23.9 Å². The van der Waals surface area contributed by atoms with Crippen LogP contribution < -0.4 is 15.2 Å². The topological polar surface area (TPSA) is 114 Å². The zero-order valence-corrected chi connectivity index (χ0v) is 8.49. The van der Waals surface area contributed by atoms with Gasteiger partial charge in [0.25, 0.3) is 0 Å². The van der Waals surface area contributed by atoms with Gasteiger partial charge in [0.05, 0.1) is 10.5 Å². The summed E-state index contributed by atoms with van der Waals surface area (Å²) in [6.45, 7) is 0.0542. The third-order valence-electron chi connectivity index (χ3n) is 2.10. The Bertz CT molecular complexity index is 475. The third-order valence-corrected chi connectivity index (χ3v) is 2.10. The molecule has 1 aliphatic heterocycles. The summed E-state index contributed by atoms with van der Waals surface area (Å²) < 4.78 is 14.5. The number of primary amides is 1. The minimum absolute atomic E-state index is 0.0542. The molecule has 1 aromatic carbocycles. The molecule has 17 heavy (non-hydrogen) atoms. The highest BCUT2D eigenvalue weighted by molar-refractivity contribution is 5.65. The predicted molar refractivity (Wildman–Crippen MR) is 53.0 cm³/mol. The standard InChI is InChI=1S/C9H8N2O6/c10-9(12)17-8(11(13)14)5-1-2-6-7(3-5)16-4-15-6/h1-3,8H,4H2,(H2,10,12). The number of hydrogen-bond donors (Lipinski definition) is 1. The van der Waals surface area contributed by atoms with E-state index in [-0.39, 0.29) is 12.4 Å². The predicted octanol–water partition coefficient (Wildman–Crippen LogP) is 0.786. The molecule has 0 radical (unpaired) electrons. The molecule has 0 saturated heterocycles. The molecule has 1 aliphatic rings. The van der Waals surface area contributed by atoms with Gasteiger partial charge in [-0.3, -0.25) is 10.1 Å². The van der Waals surface area contributed by atoms with Crippen molar-refractivity contribution in [2.75, 3.05) is 6.79 Å². The maximum atomic E-state index is 10.7. The summed E-state index contributed by atoms with van der Waals surface area (Å²) in [4.78, 5) is 20.5. The van der Waals surface area contributed by atoms with Crippen LogP contribution in [0.1, 0.15) is 11.8 Å². The van der Waals surface area contributed by atoms with E-state index in [1.807, 2.05) is 0 Å². The van der Waals surface area contributed by atoms with Gasteiger partial charge in [0.1, 0.15) is 0 Å². The highest BCUT2D eigenvalue weighted by Crippen LogP contribution is 2.34. The molecule has 2 rings (SSSR count). The highest BCUT2D eigenvalue weighted by atomic mass is 16.7. The van der Waals surface area contributed by atoms with E-state index in [4.69, 9.17) is 15.2 Å². The summed E-state index contributed by atoms with van der Waals surface area (Å²) in [6.07, 6.45) is -2.87. The number of nitro groups is 1. The van der Waals surface area contributed by atoms with Crippen LogP contribution in [0, 0.1) is 10.1 Å². The van der Waals surface area contributed by atoms with Gasteiger partial charge in [-0.2, -0.15) is 0 Å². The Balaban J connectivity index is 2.30. The number of nitrogens with two attached hydrogens (primary N) is 1. The first-order valence-electron chi connectivity index (χ1n) is 4.57. The van der Waals surface area contributed by atoms with Gasteiger partial charge in [-0.1, -0.05) is 0 Å². The molecule has 1 amide bonds. The minimum Gasteiger partial charge on any atom is -0.454 e. The zero-order valence-electron chi connectivity index (χ0n) is 8.49. The normalized spacial score (nSPS) is 14.1. The molecule has 8 nitrogen and oxygen atoms in total. The van der Waals surface area contributed by atoms with Crippen molar-refractivity contribution in [3.63, 3.8) is 0 Å². The first kappa shape index (κ1) is 11.0. The summed E-state index contributed by atoms with van der Waals surface area (Å²) in [5.74, 6) is 0.845. The Morgan fingerprint density at radius 2 is 2.18 bits per heavy atom. The van der Waals surface area contributed by atoms with Crippen molar-refractivity contribution in [1.82, 2.24) is 0 Å². The van der Waals surface area contributed by atoms with Gasteiger partial charge in [-0.15, -0.1) is 0 Å². The van der Waals surface area contributed by atoms with Gasteiger partial charge in [0, 0.05) is 0 Å². The number of ether oxygens (including phenoxy) is 3. The first-order chi connectivity index (χ1) is 8.08. The molecule has 90 valence electrons. The van der Waals surface area contributed by atoms with Gasteiger partial charge < -0.3 is 19.9 Å². The summed E-state index contributed by atoms with van der Waals surface area (Å²) >= 11 is 0. The van der Waals surface area contributed by atoms with Gasteiger partial charge in [0.15, 0.2) is 11.5 Å². The monoisotopic (exact) mass is 240 g/mol. The van der Waals surface area contributed by atoms with Gasteiger partial charge in [0.2, 0.25) is 6.79 Å². The van der Waals surface area contributed by atoms with Crippen LogP contribution in [0.3, 0.4) is 0 Å². The van der Waals surface area contributed by atoms with Crippen LogP contribution in [-0.2, 0) is 4.74 Å². The Morgan fingerprint density at radius 3 is 2.82 bits per heavy atom. The van der Waals surface area contributed by atoms with E-state index in [1.165, 1.54) is 18.2 Å². The zero-order chi connectivity index (χ0) is 12.4. The summed E-state index contributed by atoms with van der Waals surface area (Å²) in [6, 6.07) is 4.28. The number of carbonyl (C=O) groups excluding carboxylic acids is 1. The highest BCUT2D eigenvalue weighted by Gasteiger charge is 2.28. The molecule has 0 aliphatic carbocycles. The van der Waals surface area contributed by atoms with E-state index in [1.54, 1.807) is 0 Å². The van der Waals surface area contributed by atoms with Crippen molar-refractivity contribution in [2.24, 2.45) is 5.73 Å². The van der Waals surface area contributed by atoms with Crippen molar-refractivity contribution in [1.29, 1.82) is 0 Å². The molecule has 0 saturated carbocycles. The lowest BCUT2D eigenvalue weighted by molar-refractivity contribution is -0.574. The number of benzene rings is 1. The van der Waals surface area contributed by atoms with Crippen molar-refractivity contribution in [3.8, 4) is 11.5 Å². The Morgan fingerprint density at radius 1 is 1.47 bits per heavy atom. The number of nitrogens with zero attached hydrogens (tertiary/aromatic N) is 1. The van der Waals surface area contributed by atoms with Crippen LogP contribution >= 0.6 is 0 Å². The van der Waals surface area contributed by atoms with Gasteiger partial charge >= 0.3 is 12.3 Å². The van der Waals surface area contributed by atoms with Crippen LogP contribution in [0.5, 0.6) is 11.5 Å². The van der Waals surface area contributed by atoms with Gasteiger partial charge in [-0.05, 0) is 18.2 Å². The second-order valence-electron chi connectivity index (χ2n) is 3.19. The van der Waals surface area contributed by atoms with Crippen molar-refractivity contribution >= 4 is 6.09 Å². The van der Waals surface area contributed by atoms with Crippen LogP contribution in [-0.4, -0.2) is 17.8 Å². The van der Waals surface area contributed by atoms with E-state index in [0.29, 0.717) is 11.5 Å². The Kier molecular flexibility index (Phi) is 2.69. The number of rotatable bonds is 3. The second kappa shape index (κ2) is 4.16. The maximum Gasteiger partial charge on any atom is 0.409 e. The smallest absolute Gasteiger partial charge is 0.409 e. The number of fused-ring (bicyclic) bond motifs is 1. The van der Waals surface area contributed by atoms with Crippen LogP contribution in [0.2, 0.25) is 0 Å². The average Bonchev–Trinajstić information content (AvgIpc) is 2.72. The largest absolute Gasteiger partial charge is 0.454 e. The van der Waals surface area contributed by atoms with E-state index in [0.717, 1.165) is 0 Å². The molecule has 0 bridgehead atoms. The van der Waals surface area contributed by atoms with Crippen LogP contribution in [0.4, 0.5) is 4.79 Å². The quantitative estimate of drug-likeness (QED) is 0.474. The molecule has 1 aromatic rings. The lowest BCUT2D eigenvalue weighted by Crippen LogP contribution is -2.22. The molecule has 1 unspecified atom stereocenters. The summed E-state index contributed by atoms with van der Waals surface area (Å²) in [7, 11) is 0. The minimum atomic E-state index is -1.65. The van der Waals surface area contributed by atoms with Crippen molar-refractivity contribution in [2.45, 2.75) is 6.23 Å². The molecule has 8 heteroatoms. The molecule has 0 fully saturated rings. The molecule has 1 atom stereocenters. The lowest BCUT2D eigenvalue weighted by Gasteiger charge is -2.09. The van der Waals surface area contributed by atoms with E-state index in [2.05, 4.69) is 4.74 Å². The lowest BCUT2D eigenvalue weighted by atomic mass is 10.2. The van der Waals surface area contributed by atoms with E-state index < -0.39 is 17.2 Å². The molecular formula is C9H8N2O6. The van der Waals surface area contributed by atoms with Crippen LogP contribution in [0.25, 0.3) is 0 Å². The first-order valence-corrected chi connectivity index (χ1v) is 4.57. The number of amides is 1. The second-order valence-corrected chi connectivity index (χ2v) is 3.19. The Hall–Kier alpha value is -2.51. The average molecular weight is 240 g/mol. The van der Waals surface area contributed by atoms with Gasteiger partial charge in [-0.25, -0.2) is 4.79 Å². The number of hydrogen-bond acceptors (Lipinski definition) is 6. The summed E-state index contributed by atoms with van der Waals surface area (Å²) in [5, 5.41) is 10.7. The number of carbonyl (C=O) groups is 1. The molecule has 0 aromatic heterocycles. The fraction of sp³-hybridized carbons (Fsp3) is 0.222. The maximum absolute atomic E-state index is 10.7. The fourth-order valence-electron chi connectivity index (χ4n) is 1.41. The van der Waals surface area contributed by atoms with E-state index in [9.17, 15) is 14.9 Å². The molecular weight excluding hydrogens is 232 g/mol. The SMILES string of the molecule is NC(=O)OC(c1ccc2c(c1)OCO2)[N+](=O)[O-]. The van der Waals surface area contributed by atoms with Crippen molar-refractivity contribution in [3.05, 3.63) is 33.9 Å². The molecule has 2 N–H and O–H groups in total. The molecule has 1 heterocycles. The third kappa shape index (κ3) is 2.19. The Labute approximate surface area is 95.0 Å². The molecule has 0 spiro atoms. The van der Waals surface area contributed by atoms with E-state index >= 15 is 0 Å². The van der Waals surface area contributed by atoms with Crippen LogP contribution in [0.15, 0.2) is 18.2 Å². The fourth-order valence-corrected chi connectivity index (χ4v) is 1.41.